The normalized spacial score (nSPS) is 29.0. The number of β-amino-alcohol motifs (C(OH)–C–C–N with tert-alkyl or cyclic N) is 1. The van der Waals surface area contributed by atoms with Crippen molar-refractivity contribution >= 4 is 11.3 Å². The third kappa shape index (κ3) is 3.83. The number of aliphatic hydroxyl groups is 1. The molecule has 0 amide bonds. The summed E-state index contributed by atoms with van der Waals surface area (Å²) in [5.74, 6) is 0. The zero-order valence-electron chi connectivity index (χ0n) is 15.5. The summed E-state index contributed by atoms with van der Waals surface area (Å²) in [6, 6.07) is 0. The van der Waals surface area contributed by atoms with Gasteiger partial charge in [0.05, 0.1) is 29.5 Å². The maximum atomic E-state index is 11.4. The van der Waals surface area contributed by atoms with Gasteiger partial charge in [0.1, 0.15) is 0 Å². The largest absolute Gasteiger partial charge is 0.388 e. The van der Waals surface area contributed by atoms with Crippen molar-refractivity contribution in [1.82, 2.24) is 14.8 Å². The summed E-state index contributed by atoms with van der Waals surface area (Å²) in [6.45, 7) is 15.6. The molecule has 0 spiro atoms. The van der Waals surface area contributed by atoms with Gasteiger partial charge >= 0.3 is 0 Å². The molecule has 6 heteroatoms. The number of likely N-dealkylation sites (tertiary alicyclic amines) is 1. The van der Waals surface area contributed by atoms with Crippen LogP contribution < -0.4 is 0 Å². The summed E-state index contributed by atoms with van der Waals surface area (Å²) in [6.07, 6.45) is 0.828. The number of hydrogen-bond donors (Lipinski definition) is 1. The SMILES string of the molecule is Cc1nc(C)c(CN2CCC(O)(CN3CCOCC3)C(C)(C)C2)s1. The van der Waals surface area contributed by atoms with Crippen LogP contribution in [0, 0.1) is 19.3 Å². The molecule has 2 fully saturated rings. The van der Waals surface area contributed by atoms with Crippen molar-refractivity contribution in [3.8, 4) is 0 Å². The number of rotatable bonds is 4. The molecule has 0 radical (unpaired) electrons. The molecule has 2 aliphatic heterocycles. The van der Waals surface area contributed by atoms with Gasteiger partial charge in [0, 0.05) is 49.6 Å². The number of aryl methyl sites for hydroxylation is 2. The summed E-state index contributed by atoms with van der Waals surface area (Å²) in [7, 11) is 0. The van der Waals surface area contributed by atoms with Gasteiger partial charge in [-0.05, 0) is 20.3 Å². The highest BCUT2D eigenvalue weighted by Crippen LogP contribution is 2.40. The minimum Gasteiger partial charge on any atom is -0.388 e. The number of nitrogens with zero attached hydrogens (tertiary/aromatic N) is 3. The second kappa shape index (κ2) is 7.00. The molecule has 3 heterocycles. The van der Waals surface area contributed by atoms with Crippen LogP contribution in [0.5, 0.6) is 0 Å². The number of hydrogen-bond acceptors (Lipinski definition) is 6. The van der Waals surface area contributed by atoms with Crippen LogP contribution >= 0.6 is 11.3 Å². The molecule has 0 saturated carbocycles. The third-order valence-electron chi connectivity index (χ3n) is 5.68. The van der Waals surface area contributed by atoms with Gasteiger partial charge in [-0.15, -0.1) is 11.3 Å². The average Bonchev–Trinajstić information content (AvgIpc) is 2.82. The molecule has 0 bridgehead atoms. The van der Waals surface area contributed by atoms with E-state index < -0.39 is 5.60 Å². The second-order valence-corrected chi connectivity index (χ2v) is 9.29. The molecule has 5 nitrogen and oxygen atoms in total. The zero-order valence-corrected chi connectivity index (χ0v) is 16.3. The number of morpholine rings is 1. The number of piperidine rings is 1. The third-order valence-corrected chi connectivity index (χ3v) is 6.73. The first-order valence-corrected chi connectivity index (χ1v) is 9.78. The minimum atomic E-state index is -0.625. The molecule has 1 aromatic rings. The first-order valence-electron chi connectivity index (χ1n) is 8.97. The maximum Gasteiger partial charge on any atom is 0.0900 e. The van der Waals surface area contributed by atoms with Gasteiger partial charge in [-0.1, -0.05) is 13.8 Å². The fraction of sp³-hybridized carbons (Fsp3) is 0.833. The van der Waals surface area contributed by atoms with E-state index in [1.54, 1.807) is 11.3 Å². The highest BCUT2D eigenvalue weighted by atomic mass is 32.1. The van der Waals surface area contributed by atoms with Gasteiger partial charge in [0.15, 0.2) is 0 Å². The first kappa shape index (κ1) is 18.3. The summed E-state index contributed by atoms with van der Waals surface area (Å²) in [5, 5.41) is 12.5. The van der Waals surface area contributed by atoms with E-state index in [2.05, 4.69) is 42.5 Å². The molecule has 136 valence electrons. The van der Waals surface area contributed by atoms with Crippen LogP contribution in [0.15, 0.2) is 0 Å². The molecule has 2 aliphatic rings. The predicted molar refractivity (Wildman–Crippen MR) is 97.5 cm³/mol. The molecule has 24 heavy (non-hydrogen) atoms. The Kier molecular flexibility index (Phi) is 5.33. The van der Waals surface area contributed by atoms with Crippen LogP contribution in [-0.4, -0.2) is 71.4 Å². The van der Waals surface area contributed by atoms with E-state index in [1.165, 1.54) is 4.88 Å². The van der Waals surface area contributed by atoms with Crippen molar-refractivity contribution < 1.29 is 9.84 Å². The summed E-state index contributed by atoms with van der Waals surface area (Å²) >= 11 is 1.80. The van der Waals surface area contributed by atoms with Crippen molar-refractivity contribution in [3.63, 3.8) is 0 Å². The molecule has 1 unspecified atom stereocenters. The summed E-state index contributed by atoms with van der Waals surface area (Å²) < 4.78 is 5.43. The monoisotopic (exact) mass is 353 g/mol. The van der Waals surface area contributed by atoms with E-state index in [1.807, 2.05) is 0 Å². The van der Waals surface area contributed by atoms with E-state index in [0.29, 0.717) is 0 Å². The van der Waals surface area contributed by atoms with Gasteiger partial charge in [-0.2, -0.15) is 0 Å². The Morgan fingerprint density at radius 1 is 1.17 bits per heavy atom. The first-order chi connectivity index (χ1) is 11.3. The topological polar surface area (TPSA) is 48.8 Å². The van der Waals surface area contributed by atoms with Gasteiger partial charge in [-0.3, -0.25) is 9.80 Å². The van der Waals surface area contributed by atoms with E-state index in [9.17, 15) is 5.11 Å². The Hall–Kier alpha value is -0.530. The van der Waals surface area contributed by atoms with Crippen molar-refractivity contribution in [1.29, 1.82) is 0 Å². The zero-order chi connectivity index (χ0) is 17.4. The smallest absolute Gasteiger partial charge is 0.0900 e. The Labute approximate surface area is 149 Å². The lowest BCUT2D eigenvalue weighted by Gasteiger charge is -2.52. The van der Waals surface area contributed by atoms with Crippen molar-refractivity contribution in [3.05, 3.63) is 15.6 Å². The Morgan fingerprint density at radius 3 is 2.46 bits per heavy atom. The van der Waals surface area contributed by atoms with E-state index in [4.69, 9.17) is 4.74 Å². The number of ether oxygens (including phenoxy) is 1. The van der Waals surface area contributed by atoms with Crippen LogP contribution in [0.2, 0.25) is 0 Å². The van der Waals surface area contributed by atoms with Crippen LogP contribution in [0.1, 0.15) is 35.8 Å². The molecule has 1 atom stereocenters. The fourth-order valence-corrected chi connectivity index (χ4v) is 4.93. The molecule has 3 rings (SSSR count). The van der Waals surface area contributed by atoms with E-state index >= 15 is 0 Å². The molecule has 1 aromatic heterocycles. The molecular weight excluding hydrogens is 322 g/mol. The van der Waals surface area contributed by atoms with Crippen LogP contribution in [-0.2, 0) is 11.3 Å². The lowest BCUT2D eigenvalue weighted by Crippen LogP contribution is -2.62. The number of aromatic nitrogens is 1. The van der Waals surface area contributed by atoms with Crippen molar-refractivity contribution in [2.24, 2.45) is 5.41 Å². The molecule has 1 N–H and O–H groups in total. The summed E-state index contributed by atoms with van der Waals surface area (Å²) in [4.78, 5) is 10.7. The molecular formula is C18H31N3O2S. The van der Waals surface area contributed by atoms with E-state index in [-0.39, 0.29) is 5.41 Å². The average molecular weight is 354 g/mol. The standard InChI is InChI=1S/C18H31N3O2S/c1-14-16(24-15(2)19-14)11-21-6-5-18(22,17(3,4)12-21)13-20-7-9-23-10-8-20/h22H,5-13H2,1-4H3. The molecule has 2 saturated heterocycles. The second-order valence-electron chi connectivity index (χ2n) is 8.01. The van der Waals surface area contributed by atoms with Gasteiger partial charge in [0.25, 0.3) is 0 Å². The van der Waals surface area contributed by atoms with Crippen LogP contribution in [0.4, 0.5) is 0 Å². The highest BCUT2D eigenvalue weighted by molar-refractivity contribution is 7.11. The Morgan fingerprint density at radius 2 is 1.88 bits per heavy atom. The predicted octanol–water partition coefficient (Wildman–Crippen LogP) is 2.06. The molecule has 0 aromatic carbocycles. The Bertz CT molecular complexity index is 569. The number of thiazole rings is 1. The lowest BCUT2D eigenvalue weighted by molar-refractivity contribution is -0.140. The van der Waals surface area contributed by atoms with Crippen LogP contribution in [0.3, 0.4) is 0 Å². The quantitative estimate of drug-likeness (QED) is 0.898. The Balaban J connectivity index is 1.64. The fourth-order valence-electron chi connectivity index (χ4n) is 3.95. The van der Waals surface area contributed by atoms with Gasteiger partial charge < -0.3 is 9.84 Å². The maximum absolute atomic E-state index is 11.4. The van der Waals surface area contributed by atoms with Gasteiger partial charge in [-0.25, -0.2) is 4.98 Å². The van der Waals surface area contributed by atoms with Gasteiger partial charge in [0.2, 0.25) is 0 Å². The molecule has 0 aliphatic carbocycles. The van der Waals surface area contributed by atoms with Crippen molar-refractivity contribution in [2.45, 2.75) is 46.3 Å². The van der Waals surface area contributed by atoms with Crippen molar-refractivity contribution in [2.75, 3.05) is 45.9 Å². The van der Waals surface area contributed by atoms with E-state index in [0.717, 1.165) is 69.6 Å². The summed E-state index contributed by atoms with van der Waals surface area (Å²) in [5.41, 5.74) is 0.404. The lowest BCUT2D eigenvalue weighted by atomic mass is 9.69. The minimum absolute atomic E-state index is 0.128. The highest BCUT2D eigenvalue weighted by Gasteiger charge is 2.48. The van der Waals surface area contributed by atoms with Crippen LogP contribution in [0.25, 0.3) is 0 Å².